The van der Waals surface area contributed by atoms with Crippen molar-refractivity contribution in [2.45, 2.75) is 6.92 Å². The molecular weight excluding hydrogens is 302 g/mol. The third-order valence-corrected chi connectivity index (χ3v) is 2.70. The van der Waals surface area contributed by atoms with E-state index >= 15 is 0 Å². The van der Waals surface area contributed by atoms with E-state index in [4.69, 9.17) is 19.5 Å². The van der Waals surface area contributed by atoms with Crippen LogP contribution in [0.2, 0.25) is 0 Å². The van der Waals surface area contributed by atoms with Crippen LogP contribution >= 0.6 is 15.9 Å². The minimum Gasteiger partial charge on any atom is -0.493 e. The van der Waals surface area contributed by atoms with Crippen LogP contribution in [0.15, 0.2) is 16.6 Å². The molecule has 0 saturated heterocycles. The Bertz CT molecular complexity index is 482. The highest BCUT2D eigenvalue weighted by Gasteiger charge is 2.16. The first-order chi connectivity index (χ1) is 8.63. The molecule has 0 amide bonds. The van der Waals surface area contributed by atoms with Crippen LogP contribution in [0.5, 0.6) is 11.5 Å². The van der Waals surface area contributed by atoms with E-state index in [1.165, 1.54) is 7.11 Å². The minimum atomic E-state index is -0.497. The molecule has 0 aromatic heterocycles. The van der Waals surface area contributed by atoms with Crippen LogP contribution < -0.4 is 9.47 Å². The van der Waals surface area contributed by atoms with Crippen molar-refractivity contribution in [2.24, 2.45) is 0 Å². The van der Waals surface area contributed by atoms with Gasteiger partial charge >= 0.3 is 5.97 Å². The van der Waals surface area contributed by atoms with E-state index in [9.17, 15) is 4.79 Å². The van der Waals surface area contributed by atoms with Gasteiger partial charge in [0.2, 0.25) is 0 Å². The summed E-state index contributed by atoms with van der Waals surface area (Å²) in [5, 5.41) is 9.06. The lowest BCUT2D eigenvalue weighted by atomic mass is 10.2. The molecule has 1 aromatic carbocycles. The molecule has 0 fully saturated rings. The summed E-state index contributed by atoms with van der Waals surface area (Å²) >= 11 is 3.23. The Kier molecular flexibility index (Phi) is 5.46. The van der Waals surface area contributed by atoms with Gasteiger partial charge in [0.25, 0.3) is 0 Å². The van der Waals surface area contributed by atoms with Gasteiger partial charge in [-0.1, -0.05) is 0 Å². The van der Waals surface area contributed by atoms with Crippen LogP contribution in [-0.4, -0.2) is 26.3 Å². The summed E-state index contributed by atoms with van der Waals surface area (Å²) in [6.45, 7) is 1.72. The molecule has 0 heterocycles. The first-order valence-corrected chi connectivity index (χ1v) is 5.98. The standard InChI is InChI=1S/C12H12BrNO4/c1-3-17-11(15)7-18-12-8(6-14)9(13)4-5-10(12)16-2/h4-5H,3,7H2,1-2H3. The Morgan fingerprint density at radius 2 is 2.22 bits per heavy atom. The number of carbonyl (C=O) groups is 1. The van der Waals surface area contributed by atoms with Crippen molar-refractivity contribution in [3.63, 3.8) is 0 Å². The molecule has 18 heavy (non-hydrogen) atoms. The quantitative estimate of drug-likeness (QED) is 0.780. The molecule has 0 N–H and O–H groups in total. The van der Waals surface area contributed by atoms with E-state index in [0.29, 0.717) is 10.2 Å². The molecule has 0 saturated carbocycles. The fourth-order valence-electron chi connectivity index (χ4n) is 1.28. The molecule has 0 aliphatic carbocycles. The predicted molar refractivity (Wildman–Crippen MR) is 67.5 cm³/mol. The van der Waals surface area contributed by atoms with Crippen molar-refractivity contribution in [1.29, 1.82) is 5.26 Å². The fourth-order valence-corrected chi connectivity index (χ4v) is 1.68. The van der Waals surface area contributed by atoms with Crippen LogP contribution in [-0.2, 0) is 9.53 Å². The molecule has 0 aliphatic rings. The Balaban J connectivity index is 2.96. The molecule has 0 unspecified atom stereocenters. The number of ether oxygens (including phenoxy) is 3. The van der Waals surface area contributed by atoms with Gasteiger partial charge < -0.3 is 14.2 Å². The molecule has 1 rings (SSSR count). The Hall–Kier alpha value is -1.74. The Morgan fingerprint density at radius 1 is 1.50 bits per heavy atom. The summed E-state index contributed by atoms with van der Waals surface area (Å²) in [7, 11) is 1.46. The maximum Gasteiger partial charge on any atom is 0.344 e. The lowest BCUT2D eigenvalue weighted by molar-refractivity contribution is -0.145. The van der Waals surface area contributed by atoms with E-state index in [-0.39, 0.29) is 24.5 Å². The molecule has 96 valence electrons. The van der Waals surface area contributed by atoms with Gasteiger partial charge in [-0.3, -0.25) is 0 Å². The lowest BCUT2D eigenvalue weighted by Gasteiger charge is -2.12. The zero-order valence-electron chi connectivity index (χ0n) is 10.0. The molecule has 1 aromatic rings. The summed E-state index contributed by atoms with van der Waals surface area (Å²) in [5.41, 5.74) is 0.277. The van der Waals surface area contributed by atoms with Crippen LogP contribution in [0.3, 0.4) is 0 Å². The SMILES string of the molecule is CCOC(=O)COc1c(OC)ccc(Br)c1C#N. The van der Waals surface area contributed by atoms with Crippen molar-refractivity contribution in [2.75, 3.05) is 20.3 Å². The second kappa shape index (κ2) is 6.87. The second-order valence-electron chi connectivity index (χ2n) is 3.16. The third kappa shape index (κ3) is 3.37. The molecule has 0 bridgehead atoms. The van der Waals surface area contributed by atoms with Crippen molar-refractivity contribution in [1.82, 2.24) is 0 Å². The van der Waals surface area contributed by atoms with E-state index in [0.717, 1.165) is 0 Å². The Morgan fingerprint density at radius 3 is 2.78 bits per heavy atom. The second-order valence-corrected chi connectivity index (χ2v) is 4.01. The van der Waals surface area contributed by atoms with Gasteiger partial charge in [0.15, 0.2) is 18.1 Å². The van der Waals surface area contributed by atoms with Crippen LogP contribution in [0.4, 0.5) is 0 Å². The Labute approximate surface area is 113 Å². The highest BCUT2D eigenvalue weighted by atomic mass is 79.9. The van der Waals surface area contributed by atoms with E-state index in [1.54, 1.807) is 19.1 Å². The first kappa shape index (κ1) is 14.3. The van der Waals surface area contributed by atoms with E-state index < -0.39 is 5.97 Å². The van der Waals surface area contributed by atoms with Crippen molar-refractivity contribution < 1.29 is 19.0 Å². The van der Waals surface area contributed by atoms with Gasteiger partial charge in [0, 0.05) is 4.47 Å². The summed E-state index contributed by atoms with van der Waals surface area (Å²) < 4.78 is 15.7. The van der Waals surface area contributed by atoms with Crippen molar-refractivity contribution in [3.05, 3.63) is 22.2 Å². The number of carbonyl (C=O) groups excluding carboxylic acids is 1. The minimum absolute atomic E-state index is 0.224. The molecular formula is C12H12BrNO4. The van der Waals surface area contributed by atoms with Gasteiger partial charge in [-0.25, -0.2) is 4.79 Å². The number of hydrogen-bond acceptors (Lipinski definition) is 5. The molecule has 6 heteroatoms. The van der Waals surface area contributed by atoms with Crippen molar-refractivity contribution in [3.8, 4) is 17.6 Å². The van der Waals surface area contributed by atoms with E-state index in [1.807, 2.05) is 6.07 Å². The summed E-state index contributed by atoms with van der Waals surface area (Å²) in [6.07, 6.45) is 0. The van der Waals surface area contributed by atoms with Gasteiger partial charge in [0.1, 0.15) is 11.6 Å². The van der Waals surface area contributed by atoms with Crippen LogP contribution in [0.1, 0.15) is 12.5 Å². The maximum atomic E-state index is 11.2. The summed E-state index contributed by atoms with van der Waals surface area (Å²) in [6, 6.07) is 5.31. The zero-order chi connectivity index (χ0) is 13.5. The van der Waals surface area contributed by atoms with Gasteiger partial charge in [-0.05, 0) is 35.0 Å². The number of rotatable bonds is 5. The van der Waals surface area contributed by atoms with Crippen LogP contribution in [0, 0.1) is 11.3 Å². The van der Waals surface area contributed by atoms with E-state index in [2.05, 4.69) is 15.9 Å². The highest BCUT2D eigenvalue weighted by Crippen LogP contribution is 2.35. The number of nitrogens with zero attached hydrogens (tertiary/aromatic N) is 1. The van der Waals surface area contributed by atoms with Gasteiger partial charge in [0.05, 0.1) is 13.7 Å². The number of hydrogen-bond donors (Lipinski definition) is 0. The number of nitriles is 1. The third-order valence-electron chi connectivity index (χ3n) is 2.04. The first-order valence-electron chi connectivity index (χ1n) is 5.19. The number of methoxy groups -OCH3 is 1. The number of esters is 1. The molecule has 0 spiro atoms. The molecule has 5 nitrogen and oxygen atoms in total. The highest BCUT2D eigenvalue weighted by molar-refractivity contribution is 9.10. The topological polar surface area (TPSA) is 68.6 Å². The smallest absolute Gasteiger partial charge is 0.344 e. The summed E-state index contributed by atoms with van der Waals surface area (Å²) in [5.74, 6) is 0.116. The largest absolute Gasteiger partial charge is 0.493 e. The lowest BCUT2D eigenvalue weighted by Crippen LogP contribution is -2.15. The average Bonchev–Trinajstić information content (AvgIpc) is 2.36. The van der Waals surface area contributed by atoms with Crippen LogP contribution in [0.25, 0.3) is 0 Å². The molecule has 0 aliphatic heterocycles. The zero-order valence-corrected chi connectivity index (χ0v) is 11.6. The maximum absolute atomic E-state index is 11.2. The molecule has 0 radical (unpaired) electrons. The average molecular weight is 314 g/mol. The molecule has 0 atom stereocenters. The van der Waals surface area contributed by atoms with Gasteiger partial charge in [-0.15, -0.1) is 0 Å². The van der Waals surface area contributed by atoms with Crippen molar-refractivity contribution >= 4 is 21.9 Å². The monoisotopic (exact) mass is 313 g/mol. The summed E-state index contributed by atoms with van der Waals surface area (Å²) in [4.78, 5) is 11.2. The predicted octanol–water partition coefficient (Wildman–Crippen LogP) is 2.27. The number of benzene rings is 1. The fraction of sp³-hybridized carbons (Fsp3) is 0.333. The number of halogens is 1. The normalized spacial score (nSPS) is 9.44. The van der Waals surface area contributed by atoms with Gasteiger partial charge in [-0.2, -0.15) is 5.26 Å².